The van der Waals surface area contributed by atoms with Crippen LogP contribution >= 0.6 is 11.8 Å². The maximum absolute atomic E-state index is 5.40. The Balaban J connectivity index is 1.80. The van der Waals surface area contributed by atoms with E-state index in [2.05, 4.69) is 42.6 Å². The third kappa shape index (κ3) is 4.88. The van der Waals surface area contributed by atoms with Crippen LogP contribution < -0.4 is 5.32 Å². The molecule has 0 saturated carbocycles. The lowest BCUT2D eigenvalue weighted by Crippen LogP contribution is -2.33. The van der Waals surface area contributed by atoms with Gasteiger partial charge in [0.2, 0.25) is 0 Å². The molecular weight excluding hydrogens is 256 g/mol. The van der Waals surface area contributed by atoms with Crippen molar-refractivity contribution in [3.05, 3.63) is 35.9 Å². The standard InChI is InChI=1S/C15H22N2OS/c1-3-18-10-12(2)16-15-17-14(11-19-15)9-13-7-5-4-6-8-13/h4-8,12,14H,3,9-11H2,1-2H3,(H,16,17). The number of ether oxygens (including phenoxy) is 1. The van der Waals surface area contributed by atoms with Crippen LogP contribution in [-0.2, 0) is 11.2 Å². The second kappa shape index (κ2) is 7.56. The fraction of sp³-hybridized carbons (Fsp3) is 0.533. The van der Waals surface area contributed by atoms with E-state index >= 15 is 0 Å². The van der Waals surface area contributed by atoms with Gasteiger partial charge in [0.25, 0.3) is 0 Å². The normalized spacial score (nSPS) is 20.1. The number of nitrogens with one attached hydrogen (secondary N) is 1. The summed E-state index contributed by atoms with van der Waals surface area (Å²) in [6, 6.07) is 11.3. The van der Waals surface area contributed by atoms with E-state index in [9.17, 15) is 0 Å². The van der Waals surface area contributed by atoms with Gasteiger partial charge in [-0.1, -0.05) is 42.1 Å². The smallest absolute Gasteiger partial charge is 0.157 e. The molecular formula is C15H22N2OS. The van der Waals surface area contributed by atoms with Crippen molar-refractivity contribution in [3.63, 3.8) is 0 Å². The second-order valence-corrected chi connectivity index (χ2v) is 5.80. The molecule has 1 aromatic carbocycles. The number of hydrogen-bond acceptors (Lipinski definition) is 4. The van der Waals surface area contributed by atoms with Crippen LogP contribution in [0.15, 0.2) is 35.3 Å². The Morgan fingerprint density at radius 1 is 1.42 bits per heavy atom. The maximum Gasteiger partial charge on any atom is 0.157 e. The van der Waals surface area contributed by atoms with E-state index in [0.717, 1.165) is 30.6 Å². The maximum atomic E-state index is 5.40. The largest absolute Gasteiger partial charge is 0.380 e. The Labute approximate surface area is 119 Å². The van der Waals surface area contributed by atoms with E-state index in [-0.39, 0.29) is 0 Å². The van der Waals surface area contributed by atoms with Crippen molar-refractivity contribution in [3.8, 4) is 0 Å². The number of amidine groups is 1. The van der Waals surface area contributed by atoms with Crippen molar-refractivity contribution in [2.45, 2.75) is 32.4 Å². The minimum absolute atomic E-state index is 0.321. The fourth-order valence-electron chi connectivity index (χ4n) is 2.03. The molecule has 104 valence electrons. The number of aliphatic imine (C=N–C) groups is 1. The molecule has 3 nitrogen and oxygen atoms in total. The number of thioether (sulfide) groups is 1. The molecule has 1 aliphatic rings. The summed E-state index contributed by atoms with van der Waals surface area (Å²) in [6.45, 7) is 5.65. The van der Waals surface area contributed by atoms with Gasteiger partial charge in [0.1, 0.15) is 0 Å². The molecule has 0 saturated heterocycles. The van der Waals surface area contributed by atoms with Crippen LogP contribution in [0.3, 0.4) is 0 Å². The third-order valence-corrected chi connectivity index (χ3v) is 4.02. The topological polar surface area (TPSA) is 33.6 Å². The van der Waals surface area contributed by atoms with E-state index in [0.29, 0.717) is 12.1 Å². The molecule has 19 heavy (non-hydrogen) atoms. The molecule has 0 aromatic heterocycles. The van der Waals surface area contributed by atoms with E-state index < -0.39 is 0 Å². The number of benzene rings is 1. The highest BCUT2D eigenvalue weighted by molar-refractivity contribution is 8.14. The second-order valence-electron chi connectivity index (χ2n) is 4.79. The Morgan fingerprint density at radius 2 is 2.21 bits per heavy atom. The molecule has 1 N–H and O–H groups in total. The molecule has 1 aliphatic heterocycles. The minimum Gasteiger partial charge on any atom is -0.380 e. The molecule has 2 unspecified atom stereocenters. The first-order valence-corrected chi connectivity index (χ1v) is 7.85. The number of nitrogens with zero attached hydrogens (tertiary/aromatic N) is 1. The average Bonchev–Trinajstić information content (AvgIpc) is 2.85. The van der Waals surface area contributed by atoms with Gasteiger partial charge >= 0.3 is 0 Å². The van der Waals surface area contributed by atoms with Crippen molar-refractivity contribution in [2.24, 2.45) is 4.99 Å². The van der Waals surface area contributed by atoms with Crippen molar-refractivity contribution < 1.29 is 4.74 Å². The molecule has 0 aliphatic carbocycles. The minimum atomic E-state index is 0.321. The molecule has 0 spiro atoms. The van der Waals surface area contributed by atoms with Crippen molar-refractivity contribution in [2.75, 3.05) is 19.0 Å². The zero-order valence-corrected chi connectivity index (χ0v) is 12.5. The summed E-state index contributed by atoms with van der Waals surface area (Å²) < 4.78 is 5.40. The summed E-state index contributed by atoms with van der Waals surface area (Å²) in [5.41, 5.74) is 1.36. The predicted octanol–water partition coefficient (Wildman–Crippen LogP) is 2.72. The fourth-order valence-corrected chi connectivity index (χ4v) is 3.08. The van der Waals surface area contributed by atoms with Gasteiger partial charge in [-0.05, 0) is 25.8 Å². The molecule has 1 heterocycles. The van der Waals surface area contributed by atoms with Crippen LogP contribution in [-0.4, -0.2) is 36.2 Å². The monoisotopic (exact) mass is 278 g/mol. The first kappa shape index (κ1) is 14.4. The van der Waals surface area contributed by atoms with E-state index in [1.165, 1.54) is 5.56 Å². The summed E-state index contributed by atoms with van der Waals surface area (Å²) in [4.78, 5) is 4.74. The molecule has 1 aromatic rings. The molecule has 2 atom stereocenters. The van der Waals surface area contributed by atoms with Crippen LogP contribution in [0.25, 0.3) is 0 Å². The van der Waals surface area contributed by atoms with Crippen LogP contribution in [0.4, 0.5) is 0 Å². The van der Waals surface area contributed by atoms with Gasteiger partial charge < -0.3 is 10.1 Å². The molecule has 0 amide bonds. The lowest BCUT2D eigenvalue weighted by Gasteiger charge is -2.13. The zero-order chi connectivity index (χ0) is 13.5. The van der Waals surface area contributed by atoms with E-state index in [1.54, 1.807) is 0 Å². The summed E-state index contributed by atoms with van der Waals surface area (Å²) >= 11 is 1.81. The van der Waals surface area contributed by atoms with Crippen LogP contribution in [0.5, 0.6) is 0 Å². The lowest BCUT2D eigenvalue weighted by molar-refractivity contribution is 0.133. The van der Waals surface area contributed by atoms with Crippen LogP contribution in [0.2, 0.25) is 0 Å². The van der Waals surface area contributed by atoms with Gasteiger partial charge in [0, 0.05) is 18.4 Å². The van der Waals surface area contributed by atoms with Crippen molar-refractivity contribution in [1.29, 1.82) is 0 Å². The molecule has 4 heteroatoms. The summed E-state index contributed by atoms with van der Waals surface area (Å²) in [6.07, 6.45) is 1.03. The highest BCUT2D eigenvalue weighted by Gasteiger charge is 2.19. The Morgan fingerprint density at radius 3 is 2.95 bits per heavy atom. The van der Waals surface area contributed by atoms with Crippen LogP contribution in [0.1, 0.15) is 19.4 Å². The third-order valence-electron chi connectivity index (χ3n) is 2.97. The first-order chi connectivity index (χ1) is 9.28. The number of rotatable bonds is 6. The summed E-state index contributed by atoms with van der Waals surface area (Å²) in [7, 11) is 0. The van der Waals surface area contributed by atoms with E-state index in [4.69, 9.17) is 9.73 Å². The van der Waals surface area contributed by atoms with Gasteiger partial charge in [0.15, 0.2) is 5.17 Å². The van der Waals surface area contributed by atoms with Crippen molar-refractivity contribution in [1.82, 2.24) is 5.32 Å². The molecule has 0 fully saturated rings. The van der Waals surface area contributed by atoms with Gasteiger partial charge in [-0.2, -0.15) is 0 Å². The average molecular weight is 278 g/mol. The highest BCUT2D eigenvalue weighted by atomic mass is 32.2. The highest BCUT2D eigenvalue weighted by Crippen LogP contribution is 2.20. The van der Waals surface area contributed by atoms with Crippen LogP contribution in [0, 0.1) is 0 Å². The van der Waals surface area contributed by atoms with Gasteiger partial charge in [0.05, 0.1) is 12.6 Å². The molecule has 0 bridgehead atoms. The van der Waals surface area contributed by atoms with Crippen molar-refractivity contribution >= 4 is 16.9 Å². The predicted molar refractivity (Wildman–Crippen MR) is 82.9 cm³/mol. The zero-order valence-electron chi connectivity index (χ0n) is 11.6. The Hall–Kier alpha value is -1.00. The summed E-state index contributed by atoms with van der Waals surface area (Å²) in [5.74, 6) is 1.07. The Kier molecular flexibility index (Phi) is 5.73. The first-order valence-electron chi connectivity index (χ1n) is 6.86. The molecule has 2 rings (SSSR count). The quantitative estimate of drug-likeness (QED) is 0.868. The molecule has 0 radical (unpaired) electrons. The summed E-state index contributed by atoms with van der Waals surface area (Å²) in [5, 5.41) is 4.48. The van der Waals surface area contributed by atoms with Gasteiger partial charge in [-0.3, -0.25) is 4.99 Å². The van der Waals surface area contributed by atoms with E-state index in [1.807, 2.05) is 18.7 Å². The lowest BCUT2D eigenvalue weighted by atomic mass is 10.1. The SMILES string of the molecule is CCOCC(C)NC1=NC(Cc2ccccc2)CS1. The number of hydrogen-bond donors (Lipinski definition) is 1. The Bertz CT molecular complexity index is 408. The van der Waals surface area contributed by atoms with Gasteiger partial charge in [-0.25, -0.2) is 0 Å². The van der Waals surface area contributed by atoms with Gasteiger partial charge in [-0.15, -0.1) is 0 Å².